The summed E-state index contributed by atoms with van der Waals surface area (Å²) in [5.74, 6) is 1.29. The van der Waals surface area contributed by atoms with E-state index in [9.17, 15) is 10.1 Å². The molecule has 0 bridgehead atoms. The first-order valence-corrected chi connectivity index (χ1v) is 9.50. The summed E-state index contributed by atoms with van der Waals surface area (Å²) in [6, 6.07) is 24.8. The van der Waals surface area contributed by atoms with Crippen molar-refractivity contribution in [3.63, 3.8) is 0 Å². The molecule has 4 rings (SSSR count). The zero-order valence-corrected chi connectivity index (χ0v) is 16.8. The molecule has 0 amide bonds. The molecule has 30 heavy (non-hydrogen) atoms. The Balaban J connectivity index is 1.99. The van der Waals surface area contributed by atoms with E-state index >= 15 is 0 Å². The molecule has 4 aromatic rings. The number of nitriles is 1. The van der Waals surface area contributed by atoms with Gasteiger partial charge in [-0.15, -0.1) is 0 Å². The standard InChI is InChI=1S/C25H20N2O3/c1-29-19-13-12-18(23(14-19)30-2)16-27-22-11-7-6-10-20(22)24(21(15-26)25(27)28)17-8-4-3-5-9-17/h3-14H,16H2,1-2H3. The number of hydrogen-bond acceptors (Lipinski definition) is 4. The molecule has 0 saturated heterocycles. The van der Waals surface area contributed by atoms with E-state index < -0.39 is 0 Å². The molecule has 0 N–H and O–H groups in total. The van der Waals surface area contributed by atoms with Gasteiger partial charge in [0.05, 0.1) is 26.3 Å². The number of benzene rings is 3. The number of ether oxygens (including phenoxy) is 2. The van der Waals surface area contributed by atoms with Crippen LogP contribution in [0.2, 0.25) is 0 Å². The van der Waals surface area contributed by atoms with Crippen LogP contribution in [-0.4, -0.2) is 18.8 Å². The number of methoxy groups -OCH3 is 2. The third kappa shape index (κ3) is 3.29. The van der Waals surface area contributed by atoms with Crippen molar-refractivity contribution in [3.8, 4) is 28.7 Å². The van der Waals surface area contributed by atoms with Crippen LogP contribution in [0.25, 0.3) is 22.0 Å². The van der Waals surface area contributed by atoms with Crippen LogP contribution in [0.3, 0.4) is 0 Å². The molecule has 148 valence electrons. The van der Waals surface area contributed by atoms with Gasteiger partial charge in [0.25, 0.3) is 5.56 Å². The Morgan fingerprint density at radius 1 is 0.933 bits per heavy atom. The van der Waals surface area contributed by atoms with Crippen molar-refractivity contribution >= 4 is 10.9 Å². The van der Waals surface area contributed by atoms with Crippen LogP contribution in [0.5, 0.6) is 11.5 Å². The number of pyridine rings is 1. The topological polar surface area (TPSA) is 64.2 Å². The van der Waals surface area contributed by atoms with Gasteiger partial charge in [-0.2, -0.15) is 5.26 Å². The van der Waals surface area contributed by atoms with Crippen molar-refractivity contribution in [2.24, 2.45) is 0 Å². The normalized spacial score (nSPS) is 10.6. The highest BCUT2D eigenvalue weighted by Crippen LogP contribution is 2.31. The van der Waals surface area contributed by atoms with Gasteiger partial charge in [-0.1, -0.05) is 48.5 Å². The van der Waals surface area contributed by atoms with Gasteiger partial charge >= 0.3 is 0 Å². The molecule has 0 saturated carbocycles. The first-order valence-electron chi connectivity index (χ1n) is 9.50. The van der Waals surface area contributed by atoms with Gasteiger partial charge in [-0.3, -0.25) is 4.79 Å². The molecule has 1 heterocycles. The monoisotopic (exact) mass is 396 g/mol. The summed E-state index contributed by atoms with van der Waals surface area (Å²) >= 11 is 0. The van der Waals surface area contributed by atoms with Crippen molar-refractivity contribution < 1.29 is 9.47 Å². The molecule has 0 atom stereocenters. The average Bonchev–Trinajstić information content (AvgIpc) is 2.81. The summed E-state index contributed by atoms with van der Waals surface area (Å²) in [5.41, 5.74) is 2.90. The lowest BCUT2D eigenvalue weighted by molar-refractivity contribution is 0.390. The van der Waals surface area contributed by atoms with Crippen LogP contribution in [-0.2, 0) is 6.54 Å². The largest absolute Gasteiger partial charge is 0.497 e. The minimum atomic E-state index is -0.326. The Bertz CT molecular complexity index is 1320. The fourth-order valence-corrected chi connectivity index (χ4v) is 3.72. The molecule has 0 radical (unpaired) electrons. The lowest BCUT2D eigenvalue weighted by Crippen LogP contribution is -2.25. The summed E-state index contributed by atoms with van der Waals surface area (Å²) in [6.07, 6.45) is 0. The SMILES string of the molecule is COc1ccc(Cn2c(=O)c(C#N)c(-c3ccccc3)c3ccccc32)c(OC)c1. The molecule has 0 aliphatic rings. The van der Waals surface area contributed by atoms with Gasteiger partial charge in [-0.05, 0) is 23.8 Å². The summed E-state index contributed by atoms with van der Waals surface area (Å²) in [7, 11) is 3.17. The molecule has 3 aromatic carbocycles. The molecule has 5 nitrogen and oxygen atoms in total. The Hall–Kier alpha value is -4.04. The van der Waals surface area contributed by atoms with E-state index in [1.165, 1.54) is 0 Å². The van der Waals surface area contributed by atoms with E-state index in [2.05, 4.69) is 6.07 Å². The van der Waals surface area contributed by atoms with E-state index in [1.807, 2.05) is 66.7 Å². The molecule has 0 fully saturated rings. The van der Waals surface area contributed by atoms with Crippen LogP contribution < -0.4 is 15.0 Å². The van der Waals surface area contributed by atoms with Crippen LogP contribution in [0, 0.1) is 11.3 Å². The highest BCUT2D eigenvalue weighted by atomic mass is 16.5. The second-order valence-corrected chi connectivity index (χ2v) is 6.81. The number of fused-ring (bicyclic) bond motifs is 1. The fraction of sp³-hybridized carbons (Fsp3) is 0.120. The number of hydrogen-bond donors (Lipinski definition) is 0. The quantitative estimate of drug-likeness (QED) is 0.494. The van der Waals surface area contributed by atoms with Gasteiger partial charge in [0.15, 0.2) is 0 Å². The van der Waals surface area contributed by atoms with Crippen LogP contribution in [0.15, 0.2) is 77.6 Å². The van der Waals surface area contributed by atoms with Crippen molar-refractivity contribution in [2.75, 3.05) is 14.2 Å². The van der Waals surface area contributed by atoms with Gasteiger partial charge in [0.2, 0.25) is 0 Å². The van der Waals surface area contributed by atoms with Gasteiger partial charge in [0, 0.05) is 22.6 Å². The summed E-state index contributed by atoms with van der Waals surface area (Å²) < 4.78 is 12.4. The van der Waals surface area contributed by atoms with Crippen molar-refractivity contribution in [2.45, 2.75) is 6.54 Å². The zero-order chi connectivity index (χ0) is 21.1. The maximum Gasteiger partial charge on any atom is 0.269 e. The maximum atomic E-state index is 13.4. The van der Waals surface area contributed by atoms with Crippen LogP contribution in [0.1, 0.15) is 11.1 Å². The Kier molecular flexibility index (Phi) is 5.23. The second-order valence-electron chi connectivity index (χ2n) is 6.81. The third-order valence-electron chi connectivity index (χ3n) is 5.17. The molecule has 0 unspecified atom stereocenters. The van der Waals surface area contributed by atoms with E-state index in [0.29, 0.717) is 17.1 Å². The highest BCUT2D eigenvalue weighted by Gasteiger charge is 2.19. The molecular formula is C25H20N2O3. The molecule has 0 spiro atoms. The Labute approximate surface area is 174 Å². The predicted molar refractivity (Wildman–Crippen MR) is 117 cm³/mol. The van der Waals surface area contributed by atoms with Crippen molar-refractivity contribution in [1.82, 2.24) is 4.57 Å². The van der Waals surface area contributed by atoms with Crippen LogP contribution >= 0.6 is 0 Å². The van der Waals surface area contributed by atoms with Gasteiger partial charge in [-0.25, -0.2) is 0 Å². The van der Waals surface area contributed by atoms with Gasteiger partial charge in [0.1, 0.15) is 23.1 Å². The van der Waals surface area contributed by atoms with E-state index in [4.69, 9.17) is 9.47 Å². The van der Waals surface area contributed by atoms with Gasteiger partial charge < -0.3 is 14.0 Å². The zero-order valence-electron chi connectivity index (χ0n) is 16.8. The smallest absolute Gasteiger partial charge is 0.269 e. The van der Waals surface area contributed by atoms with E-state index in [1.54, 1.807) is 24.9 Å². The molecule has 1 aromatic heterocycles. The lowest BCUT2D eigenvalue weighted by Gasteiger charge is -2.17. The second kappa shape index (κ2) is 8.14. The molecule has 0 aliphatic carbocycles. The maximum absolute atomic E-state index is 13.4. The van der Waals surface area contributed by atoms with Crippen molar-refractivity contribution in [1.29, 1.82) is 5.26 Å². The summed E-state index contributed by atoms with van der Waals surface area (Å²) in [6.45, 7) is 0.274. The first kappa shape index (κ1) is 19.3. The summed E-state index contributed by atoms with van der Waals surface area (Å²) in [4.78, 5) is 13.4. The third-order valence-corrected chi connectivity index (χ3v) is 5.17. The van der Waals surface area contributed by atoms with Crippen molar-refractivity contribution in [3.05, 3.63) is 94.3 Å². The Morgan fingerprint density at radius 2 is 1.67 bits per heavy atom. The predicted octanol–water partition coefficient (Wildman–Crippen LogP) is 4.61. The summed E-state index contributed by atoms with van der Waals surface area (Å²) in [5, 5.41) is 10.7. The number of aromatic nitrogens is 1. The highest BCUT2D eigenvalue weighted by molar-refractivity contribution is 5.97. The molecule has 0 aliphatic heterocycles. The lowest BCUT2D eigenvalue weighted by atomic mass is 9.96. The number of nitrogens with zero attached hydrogens (tertiary/aromatic N) is 2. The Morgan fingerprint density at radius 3 is 2.37 bits per heavy atom. The number of para-hydroxylation sites is 1. The molecule has 5 heteroatoms. The first-order chi connectivity index (χ1) is 14.7. The minimum Gasteiger partial charge on any atom is -0.497 e. The number of rotatable bonds is 5. The van der Waals surface area contributed by atoms with E-state index in [0.717, 1.165) is 22.0 Å². The minimum absolute atomic E-state index is 0.132. The fourth-order valence-electron chi connectivity index (χ4n) is 3.72. The average molecular weight is 396 g/mol. The van der Waals surface area contributed by atoms with Crippen LogP contribution in [0.4, 0.5) is 0 Å². The molecular weight excluding hydrogens is 376 g/mol. The van der Waals surface area contributed by atoms with E-state index in [-0.39, 0.29) is 17.7 Å².